The quantitative estimate of drug-likeness (QED) is 0.860. The van der Waals surface area contributed by atoms with Crippen LogP contribution >= 0.6 is 0 Å². The lowest BCUT2D eigenvalue weighted by Gasteiger charge is -2.02. The fourth-order valence-electron chi connectivity index (χ4n) is 1.50. The van der Waals surface area contributed by atoms with Gasteiger partial charge in [-0.25, -0.2) is 9.07 Å². The summed E-state index contributed by atoms with van der Waals surface area (Å²) in [4.78, 5) is 0. The van der Waals surface area contributed by atoms with Crippen LogP contribution in [0.15, 0.2) is 48.4 Å². The zero-order chi connectivity index (χ0) is 13.5. The number of nitrogens with two attached hydrogens (primary N) is 1. The van der Waals surface area contributed by atoms with Crippen LogP contribution in [-0.4, -0.2) is 21.5 Å². The molecule has 2 aromatic rings. The van der Waals surface area contributed by atoms with Crippen LogP contribution in [0, 0.1) is 0 Å². The average molecular weight is 262 g/mol. The standard InChI is InChI=1S/C13H15FN4O/c14-11(6-7-15)8-18-9-12(16-17-18)10-19-13-4-2-1-3-5-13/h1-6,9H,7-8,10,15H2/b11-6-. The summed E-state index contributed by atoms with van der Waals surface area (Å²) in [6, 6.07) is 9.40. The minimum atomic E-state index is -0.331. The Bertz CT molecular complexity index is 539. The maximum Gasteiger partial charge on any atom is 0.134 e. The summed E-state index contributed by atoms with van der Waals surface area (Å²) in [6.45, 7) is 0.506. The van der Waals surface area contributed by atoms with Crippen LogP contribution in [0.4, 0.5) is 4.39 Å². The first kappa shape index (κ1) is 13.2. The van der Waals surface area contributed by atoms with Crippen molar-refractivity contribution >= 4 is 0 Å². The van der Waals surface area contributed by atoms with Gasteiger partial charge in [-0.1, -0.05) is 23.4 Å². The Morgan fingerprint density at radius 3 is 2.89 bits per heavy atom. The molecule has 2 rings (SSSR count). The molecule has 0 fully saturated rings. The summed E-state index contributed by atoms with van der Waals surface area (Å²) in [7, 11) is 0. The Kier molecular flexibility index (Phi) is 4.63. The Morgan fingerprint density at radius 2 is 2.16 bits per heavy atom. The number of nitrogens with zero attached hydrogens (tertiary/aromatic N) is 3. The molecule has 2 N–H and O–H groups in total. The van der Waals surface area contributed by atoms with Gasteiger partial charge in [0.25, 0.3) is 0 Å². The molecule has 1 heterocycles. The molecule has 0 bridgehead atoms. The Morgan fingerprint density at radius 1 is 1.37 bits per heavy atom. The lowest BCUT2D eigenvalue weighted by molar-refractivity contribution is 0.301. The number of halogens is 1. The van der Waals surface area contributed by atoms with Gasteiger partial charge in [0.05, 0.1) is 12.7 Å². The summed E-state index contributed by atoms with van der Waals surface area (Å²) in [5, 5.41) is 7.72. The van der Waals surface area contributed by atoms with Gasteiger partial charge in [0.2, 0.25) is 0 Å². The molecule has 100 valence electrons. The van der Waals surface area contributed by atoms with Gasteiger partial charge in [-0.15, -0.1) is 5.10 Å². The molecule has 0 spiro atoms. The summed E-state index contributed by atoms with van der Waals surface area (Å²) >= 11 is 0. The SMILES string of the molecule is NC/C=C(\F)Cn1cc(COc2ccccc2)nn1. The van der Waals surface area contributed by atoms with Crippen molar-refractivity contribution in [1.29, 1.82) is 0 Å². The van der Waals surface area contributed by atoms with Crippen molar-refractivity contribution in [3.05, 3.63) is 54.1 Å². The van der Waals surface area contributed by atoms with Crippen LogP contribution in [-0.2, 0) is 13.2 Å². The van der Waals surface area contributed by atoms with Gasteiger partial charge in [-0.2, -0.15) is 0 Å². The number of para-hydroxylation sites is 1. The van der Waals surface area contributed by atoms with E-state index in [0.717, 1.165) is 5.75 Å². The van der Waals surface area contributed by atoms with Crippen LogP contribution in [0.5, 0.6) is 5.75 Å². The predicted molar refractivity (Wildman–Crippen MR) is 69.0 cm³/mol. The molecule has 0 radical (unpaired) electrons. The highest BCUT2D eigenvalue weighted by atomic mass is 19.1. The Hall–Kier alpha value is -2.21. The maximum absolute atomic E-state index is 13.2. The molecule has 0 aliphatic carbocycles. The molecular weight excluding hydrogens is 247 g/mol. The highest BCUT2D eigenvalue weighted by Gasteiger charge is 2.03. The summed E-state index contributed by atoms with van der Waals surface area (Å²) in [6.07, 6.45) is 2.95. The number of hydrogen-bond acceptors (Lipinski definition) is 4. The van der Waals surface area contributed by atoms with Crippen molar-refractivity contribution in [3.8, 4) is 5.75 Å². The Labute approximate surface area is 110 Å². The van der Waals surface area contributed by atoms with E-state index in [0.29, 0.717) is 12.3 Å². The summed E-state index contributed by atoms with van der Waals surface area (Å²) < 4.78 is 20.1. The topological polar surface area (TPSA) is 66.0 Å². The van der Waals surface area contributed by atoms with Crippen molar-refractivity contribution in [2.24, 2.45) is 5.73 Å². The zero-order valence-electron chi connectivity index (χ0n) is 10.4. The second-order valence-corrected chi connectivity index (χ2v) is 3.90. The van der Waals surface area contributed by atoms with E-state index in [-0.39, 0.29) is 18.9 Å². The fourth-order valence-corrected chi connectivity index (χ4v) is 1.50. The van der Waals surface area contributed by atoms with E-state index in [2.05, 4.69) is 10.3 Å². The van der Waals surface area contributed by atoms with E-state index < -0.39 is 0 Å². The van der Waals surface area contributed by atoms with Crippen molar-refractivity contribution in [3.63, 3.8) is 0 Å². The number of allylic oxidation sites excluding steroid dienone is 1. The van der Waals surface area contributed by atoms with Gasteiger partial charge in [0, 0.05) is 6.54 Å². The molecule has 0 saturated carbocycles. The molecule has 0 saturated heterocycles. The van der Waals surface area contributed by atoms with Gasteiger partial charge in [-0.3, -0.25) is 0 Å². The average Bonchev–Trinajstić information content (AvgIpc) is 2.85. The summed E-state index contributed by atoms with van der Waals surface area (Å²) in [5.74, 6) is 0.425. The first-order chi connectivity index (χ1) is 9.28. The monoisotopic (exact) mass is 262 g/mol. The Balaban J connectivity index is 1.89. The van der Waals surface area contributed by atoms with E-state index >= 15 is 0 Å². The number of ether oxygens (including phenoxy) is 1. The maximum atomic E-state index is 13.2. The highest BCUT2D eigenvalue weighted by molar-refractivity contribution is 5.21. The predicted octanol–water partition coefficient (Wildman–Crippen LogP) is 1.67. The minimum absolute atomic E-state index is 0.0372. The third-order valence-electron chi connectivity index (χ3n) is 2.37. The van der Waals surface area contributed by atoms with Crippen molar-refractivity contribution in [2.75, 3.05) is 6.54 Å². The van der Waals surface area contributed by atoms with E-state index in [1.807, 2.05) is 30.3 Å². The molecule has 0 atom stereocenters. The van der Waals surface area contributed by atoms with Crippen LogP contribution in [0.2, 0.25) is 0 Å². The van der Waals surface area contributed by atoms with E-state index in [1.54, 1.807) is 6.20 Å². The number of hydrogen-bond donors (Lipinski definition) is 1. The smallest absolute Gasteiger partial charge is 0.134 e. The molecule has 0 aliphatic heterocycles. The molecular formula is C13H15FN4O. The second-order valence-electron chi connectivity index (χ2n) is 3.90. The van der Waals surface area contributed by atoms with Crippen molar-refractivity contribution in [1.82, 2.24) is 15.0 Å². The van der Waals surface area contributed by atoms with E-state index in [9.17, 15) is 4.39 Å². The molecule has 0 amide bonds. The minimum Gasteiger partial charge on any atom is -0.487 e. The molecule has 0 aliphatic rings. The van der Waals surface area contributed by atoms with Gasteiger partial charge in [-0.05, 0) is 18.2 Å². The lowest BCUT2D eigenvalue weighted by atomic mass is 10.3. The first-order valence-electron chi connectivity index (χ1n) is 5.89. The van der Waals surface area contributed by atoms with E-state index in [4.69, 9.17) is 10.5 Å². The number of benzene rings is 1. The molecule has 1 aromatic heterocycles. The van der Waals surface area contributed by atoms with Crippen LogP contribution in [0.25, 0.3) is 0 Å². The molecule has 5 nitrogen and oxygen atoms in total. The normalized spacial score (nSPS) is 11.6. The van der Waals surface area contributed by atoms with Gasteiger partial charge >= 0.3 is 0 Å². The number of aromatic nitrogens is 3. The molecule has 6 heteroatoms. The third kappa shape index (κ3) is 4.18. The lowest BCUT2D eigenvalue weighted by Crippen LogP contribution is -2.02. The van der Waals surface area contributed by atoms with Gasteiger partial charge in [0.1, 0.15) is 23.9 Å². The zero-order valence-corrected chi connectivity index (χ0v) is 10.4. The molecule has 0 unspecified atom stereocenters. The van der Waals surface area contributed by atoms with Crippen LogP contribution < -0.4 is 10.5 Å². The van der Waals surface area contributed by atoms with Crippen LogP contribution in [0.3, 0.4) is 0 Å². The van der Waals surface area contributed by atoms with Crippen LogP contribution in [0.1, 0.15) is 5.69 Å². The summed E-state index contributed by atoms with van der Waals surface area (Å²) in [5.41, 5.74) is 5.86. The second kappa shape index (κ2) is 6.65. The highest BCUT2D eigenvalue weighted by Crippen LogP contribution is 2.10. The third-order valence-corrected chi connectivity index (χ3v) is 2.37. The van der Waals surface area contributed by atoms with Gasteiger partial charge in [0.15, 0.2) is 0 Å². The molecule has 1 aromatic carbocycles. The molecule has 19 heavy (non-hydrogen) atoms. The number of rotatable bonds is 6. The first-order valence-corrected chi connectivity index (χ1v) is 5.89. The van der Waals surface area contributed by atoms with Gasteiger partial charge < -0.3 is 10.5 Å². The van der Waals surface area contributed by atoms with Crippen molar-refractivity contribution < 1.29 is 9.13 Å². The van der Waals surface area contributed by atoms with E-state index in [1.165, 1.54) is 10.8 Å². The van der Waals surface area contributed by atoms with Crippen molar-refractivity contribution in [2.45, 2.75) is 13.2 Å². The fraction of sp³-hybridized carbons (Fsp3) is 0.231. The largest absolute Gasteiger partial charge is 0.487 e.